The monoisotopic (exact) mass is 927 g/mol. The van der Waals surface area contributed by atoms with Gasteiger partial charge in [-0.05, 0) is 55.7 Å². The molecule has 2 aromatic rings. The predicted molar refractivity (Wildman–Crippen MR) is 249 cm³/mol. The zero-order chi connectivity index (χ0) is 48.0. The van der Waals surface area contributed by atoms with E-state index in [4.69, 9.17) is 34.0 Å². The van der Waals surface area contributed by atoms with Crippen LogP contribution in [0.3, 0.4) is 0 Å². The van der Waals surface area contributed by atoms with Gasteiger partial charge in [0.25, 0.3) is 11.8 Å². The summed E-state index contributed by atoms with van der Waals surface area (Å²) in [6, 6.07) is 5.26. The standard InChI is InChI=1S/C47H61N9O11/c1-29(2)44(52-42(57)10-14-64-16-17-65-15-11-51-53-48)45(59)50-25-43(58)56-28-33-19-31(4)27-55(33)47(61)35-21-39(63-6)41(23-37(35)56)67-13-9-7-8-12-66-40-22-36-34(20-38(40)62-5)46(60)54-26-30(3)18-32(54)24-49-36/h20-24,29,32-33,44H,3-4,7-19,25-28H2,1-2,5-6H3,(H,50,59)(H,52,57)/t32-,33-,44-/m0/s1. The topological polar surface area (TPSA) is 236 Å². The van der Waals surface area contributed by atoms with Gasteiger partial charge < -0.3 is 53.8 Å². The summed E-state index contributed by atoms with van der Waals surface area (Å²) in [5.74, 6) is -0.481. The zero-order valence-corrected chi connectivity index (χ0v) is 38.8. The minimum absolute atomic E-state index is 0.00183. The van der Waals surface area contributed by atoms with Crippen molar-refractivity contribution >= 4 is 47.1 Å². The van der Waals surface area contributed by atoms with Crippen LogP contribution in [-0.2, 0) is 23.9 Å². The van der Waals surface area contributed by atoms with Crippen LogP contribution in [0.1, 0.15) is 73.1 Å². The number of azide groups is 1. The van der Waals surface area contributed by atoms with Gasteiger partial charge in [-0.1, -0.05) is 43.3 Å². The van der Waals surface area contributed by atoms with E-state index in [2.05, 4.69) is 38.8 Å². The number of fused-ring (bicyclic) bond motifs is 4. The molecule has 0 aromatic heterocycles. The van der Waals surface area contributed by atoms with Crippen LogP contribution < -0.4 is 34.5 Å². The molecule has 67 heavy (non-hydrogen) atoms. The van der Waals surface area contributed by atoms with E-state index < -0.39 is 30.3 Å². The molecule has 5 amide bonds. The molecule has 0 spiro atoms. The summed E-state index contributed by atoms with van der Waals surface area (Å²) in [6.07, 6.45) is 5.07. The largest absolute Gasteiger partial charge is 0.493 e. The summed E-state index contributed by atoms with van der Waals surface area (Å²) in [7, 11) is 3.01. The molecule has 0 bridgehead atoms. The Labute approximate surface area is 390 Å². The highest BCUT2D eigenvalue weighted by molar-refractivity contribution is 6.08. The van der Waals surface area contributed by atoms with E-state index in [1.165, 1.54) is 19.1 Å². The summed E-state index contributed by atoms with van der Waals surface area (Å²) >= 11 is 0. The maximum Gasteiger partial charge on any atom is 0.257 e. The highest BCUT2D eigenvalue weighted by Gasteiger charge is 2.40. The highest BCUT2D eigenvalue weighted by Crippen LogP contribution is 2.41. The first kappa shape index (κ1) is 49.8. The third-order valence-corrected chi connectivity index (χ3v) is 11.8. The van der Waals surface area contributed by atoms with Crippen molar-refractivity contribution in [3.05, 3.63) is 70.1 Å². The molecule has 0 unspecified atom stereocenters. The summed E-state index contributed by atoms with van der Waals surface area (Å²) in [5, 5.41) is 8.83. The number of amides is 5. The molecule has 4 aliphatic rings. The fraction of sp³-hybridized carbons (Fsp3) is 0.532. The smallest absolute Gasteiger partial charge is 0.257 e. The number of ether oxygens (including phenoxy) is 6. The lowest BCUT2D eigenvalue weighted by Gasteiger charge is -2.27. The van der Waals surface area contributed by atoms with E-state index in [1.807, 2.05) is 0 Å². The van der Waals surface area contributed by atoms with Crippen molar-refractivity contribution in [2.24, 2.45) is 16.0 Å². The number of rotatable bonds is 24. The molecular weight excluding hydrogens is 867 g/mol. The van der Waals surface area contributed by atoms with E-state index in [-0.39, 0.29) is 81.3 Å². The first-order valence-corrected chi connectivity index (χ1v) is 22.6. The molecule has 2 aromatic carbocycles. The molecule has 360 valence electrons. The van der Waals surface area contributed by atoms with E-state index >= 15 is 0 Å². The Bertz CT molecular complexity index is 2280. The quantitative estimate of drug-likeness (QED) is 0.0471. The van der Waals surface area contributed by atoms with E-state index in [0.717, 1.165) is 17.6 Å². The second kappa shape index (κ2) is 23.7. The van der Waals surface area contributed by atoms with Crippen LogP contribution in [0.4, 0.5) is 11.4 Å². The number of hydrogen-bond donors (Lipinski definition) is 2. The maximum absolute atomic E-state index is 14.1. The average Bonchev–Trinajstić information content (AvgIpc) is 3.83. The first-order valence-electron chi connectivity index (χ1n) is 22.6. The summed E-state index contributed by atoms with van der Waals surface area (Å²) in [6.45, 7) is 14.1. The Kier molecular flexibility index (Phi) is 17.6. The third kappa shape index (κ3) is 12.6. The van der Waals surface area contributed by atoms with Crippen molar-refractivity contribution in [1.82, 2.24) is 20.4 Å². The Morgan fingerprint density at radius 1 is 0.836 bits per heavy atom. The molecular formula is C47H61N9O11. The number of hydrogen-bond acceptors (Lipinski definition) is 13. The van der Waals surface area contributed by atoms with Crippen molar-refractivity contribution in [3.8, 4) is 23.0 Å². The Morgan fingerprint density at radius 3 is 2.16 bits per heavy atom. The number of aliphatic imine (C=N–C) groups is 1. The van der Waals surface area contributed by atoms with Crippen molar-refractivity contribution in [1.29, 1.82) is 0 Å². The molecule has 3 atom stereocenters. The first-order chi connectivity index (χ1) is 32.3. The maximum atomic E-state index is 14.1. The minimum atomic E-state index is -0.926. The normalized spacial score (nSPS) is 17.7. The molecule has 4 aliphatic heterocycles. The van der Waals surface area contributed by atoms with Crippen LogP contribution in [-0.4, -0.2) is 150 Å². The molecule has 2 saturated heterocycles. The number of nitrogens with one attached hydrogen (secondary N) is 2. The van der Waals surface area contributed by atoms with Crippen molar-refractivity contribution < 1.29 is 52.4 Å². The molecule has 4 heterocycles. The van der Waals surface area contributed by atoms with Gasteiger partial charge in [-0.15, -0.1) is 0 Å². The van der Waals surface area contributed by atoms with Crippen LogP contribution in [0.25, 0.3) is 10.4 Å². The number of anilines is 1. The SMILES string of the molecule is C=C1C[C@H]2CN(C(=O)CNC(=O)[C@@H](NC(=O)CCOCCOCCN=[N+]=[N-])C(C)C)c3cc(OCCCCCOc4cc5c(cc4OC)C(=O)N4CC(=C)C[C@H]4C=N5)c(OC)cc3C(=O)N2C1. The second-order valence-corrected chi connectivity index (χ2v) is 17.0. The van der Waals surface area contributed by atoms with Crippen LogP contribution >= 0.6 is 0 Å². The van der Waals surface area contributed by atoms with E-state index in [1.54, 1.807) is 54.1 Å². The number of carbonyl (C=O) groups is 5. The fourth-order valence-corrected chi connectivity index (χ4v) is 8.33. The van der Waals surface area contributed by atoms with Crippen LogP contribution in [0, 0.1) is 5.92 Å². The van der Waals surface area contributed by atoms with Gasteiger partial charge >= 0.3 is 0 Å². The number of unbranched alkanes of at least 4 members (excludes halogenated alkanes) is 2. The minimum Gasteiger partial charge on any atom is -0.493 e. The van der Waals surface area contributed by atoms with Gasteiger partial charge in [0.05, 0.1) is 95.0 Å². The summed E-state index contributed by atoms with van der Waals surface area (Å²) in [4.78, 5) is 80.0. The lowest BCUT2D eigenvalue weighted by atomic mass is 10.0. The number of carbonyl (C=O) groups excluding carboxylic acids is 5. The van der Waals surface area contributed by atoms with E-state index in [9.17, 15) is 24.0 Å². The molecule has 20 nitrogen and oxygen atoms in total. The molecule has 0 radical (unpaired) electrons. The summed E-state index contributed by atoms with van der Waals surface area (Å²) < 4.78 is 34.3. The lowest BCUT2D eigenvalue weighted by Crippen LogP contribution is -2.52. The Morgan fingerprint density at radius 2 is 1.48 bits per heavy atom. The van der Waals surface area contributed by atoms with Crippen molar-refractivity contribution in [2.45, 2.75) is 70.5 Å². The van der Waals surface area contributed by atoms with Gasteiger partial charge in [0.15, 0.2) is 23.0 Å². The molecule has 2 fully saturated rings. The van der Waals surface area contributed by atoms with E-state index in [0.29, 0.717) is 91.9 Å². The van der Waals surface area contributed by atoms with Crippen LogP contribution in [0.15, 0.2) is 58.7 Å². The molecule has 20 heteroatoms. The molecule has 2 N–H and O–H groups in total. The van der Waals surface area contributed by atoms with Crippen LogP contribution in [0.2, 0.25) is 0 Å². The lowest BCUT2D eigenvalue weighted by molar-refractivity contribution is -0.131. The Balaban J connectivity index is 1.04. The number of benzene rings is 2. The average molecular weight is 928 g/mol. The van der Waals surface area contributed by atoms with Gasteiger partial charge in [-0.3, -0.25) is 29.0 Å². The van der Waals surface area contributed by atoms with Gasteiger partial charge in [-0.2, -0.15) is 0 Å². The highest BCUT2D eigenvalue weighted by atomic mass is 16.5. The number of methoxy groups -OCH3 is 2. The molecule has 0 saturated carbocycles. The van der Waals surface area contributed by atoms with Gasteiger partial charge in [0.2, 0.25) is 17.7 Å². The van der Waals surface area contributed by atoms with Crippen LogP contribution in [0.5, 0.6) is 23.0 Å². The van der Waals surface area contributed by atoms with Crippen molar-refractivity contribution in [3.63, 3.8) is 0 Å². The third-order valence-electron chi connectivity index (χ3n) is 11.8. The summed E-state index contributed by atoms with van der Waals surface area (Å²) in [5.41, 5.74) is 11.7. The Hall–Kier alpha value is -6.63. The molecule has 6 rings (SSSR count). The van der Waals surface area contributed by atoms with Gasteiger partial charge in [0.1, 0.15) is 6.04 Å². The predicted octanol–water partition coefficient (Wildman–Crippen LogP) is 4.93. The second-order valence-electron chi connectivity index (χ2n) is 17.0. The van der Waals surface area contributed by atoms with Crippen molar-refractivity contribution in [2.75, 3.05) is 91.5 Å². The molecule has 0 aliphatic carbocycles. The van der Waals surface area contributed by atoms with Gasteiger partial charge in [-0.25, -0.2) is 0 Å². The zero-order valence-electron chi connectivity index (χ0n) is 38.8. The van der Waals surface area contributed by atoms with Gasteiger partial charge in [0, 0.05) is 55.9 Å². The fourth-order valence-electron chi connectivity index (χ4n) is 8.33. The number of nitrogens with zero attached hydrogens (tertiary/aromatic N) is 7.